The SMILES string of the molecule is CCCC(=O)CN(CCN)C(=O)CCc1ccccc1. The van der Waals surface area contributed by atoms with Gasteiger partial charge in [-0.1, -0.05) is 37.3 Å². The molecule has 110 valence electrons. The van der Waals surface area contributed by atoms with Gasteiger partial charge in [0.15, 0.2) is 5.78 Å². The van der Waals surface area contributed by atoms with Crippen molar-refractivity contribution in [1.82, 2.24) is 4.90 Å². The lowest BCUT2D eigenvalue weighted by Crippen LogP contribution is -2.39. The standard InChI is InChI=1S/C16H24N2O2/c1-2-6-15(19)13-18(12-11-17)16(20)10-9-14-7-4-3-5-8-14/h3-5,7-8H,2,6,9-13,17H2,1H3. The second-order valence-electron chi connectivity index (χ2n) is 4.88. The van der Waals surface area contributed by atoms with Crippen molar-refractivity contribution in [2.24, 2.45) is 5.73 Å². The van der Waals surface area contributed by atoms with Crippen LogP contribution >= 0.6 is 0 Å². The predicted octanol–water partition coefficient (Wildman–Crippen LogP) is 1.78. The summed E-state index contributed by atoms with van der Waals surface area (Å²) in [6.45, 7) is 2.99. The molecule has 0 aliphatic rings. The van der Waals surface area contributed by atoms with Crippen molar-refractivity contribution in [2.75, 3.05) is 19.6 Å². The van der Waals surface area contributed by atoms with E-state index in [0.717, 1.165) is 12.0 Å². The molecule has 1 aromatic carbocycles. The van der Waals surface area contributed by atoms with Gasteiger partial charge in [-0.3, -0.25) is 9.59 Å². The number of ketones is 1. The number of carbonyl (C=O) groups is 2. The lowest BCUT2D eigenvalue weighted by Gasteiger charge is -2.21. The van der Waals surface area contributed by atoms with Crippen LogP contribution < -0.4 is 5.73 Å². The van der Waals surface area contributed by atoms with E-state index in [1.54, 1.807) is 4.90 Å². The van der Waals surface area contributed by atoms with Gasteiger partial charge in [0.05, 0.1) is 6.54 Å². The smallest absolute Gasteiger partial charge is 0.223 e. The van der Waals surface area contributed by atoms with E-state index >= 15 is 0 Å². The van der Waals surface area contributed by atoms with Crippen LogP contribution in [0, 0.1) is 0 Å². The second-order valence-corrected chi connectivity index (χ2v) is 4.88. The zero-order valence-corrected chi connectivity index (χ0v) is 12.2. The van der Waals surface area contributed by atoms with Crippen LogP contribution in [0.25, 0.3) is 0 Å². The first-order chi connectivity index (χ1) is 9.67. The van der Waals surface area contributed by atoms with Gasteiger partial charge in [0.25, 0.3) is 0 Å². The Kier molecular flexibility index (Phi) is 7.58. The van der Waals surface area contributed by atoms with Gasteiger partial charge in [-0.15, -0.1) is 0 Å². The molecule has 0 fully saturated rings. The number of hydrogen-bond acceptors (Lipinski definition) is 3. The quantitative estimate of drug-likeness (QED) is 0.747. The number of hydrogen-bond donors (Lipinski definition) is 1. The van der Waals surface area contributed by atoms with Crippen LogP contribution in [0.1, 0.15) is 31.7 Å². The Morgan fingerprint density at radius 2 is 1.85 bits per heavy atom. The minimum absolute atomic E-state index is 0.00348. The van der Waals surface area contributed by atoms with Gasteiger partial charge in [0.2, 0.25) is 5.91 Å². The fourth-order valence-corrected chi connectivity index (χ4v) is 2.07. The van der Waals surface area contributed by atoms with E-state index in [4.69, 9.17) is 5.73 Å². The Morgan fingerprint density at radius 1 is 1.15 bits per heavy atom. The average Bonchev–Trinajstić information content (AvgIpc) is 2.45. The van der Waals surface area contributed by atoms with Gasteiger partial charge in [0, 0.05) is 25.9 Å². The molecule has 1 aromatic rings. The number of Topliss-reactive ketones (excluding diaryl/α,β-unsaturated/α-hetero) is 1. The molecule has 2 N–H and O–H groups in total. The highest BCUT2D eigenvalue weighted by molar-refractivity contribution is 5.86. The molecule has 0 spiro atoms. The number of amides is 1. The van der Waals surface area contributed by atoms with Crippen LogP contribution in [0.4, 0.5) is 0 Å². The molecule has 4 heteroatoms. The molecule has 1 rings (SSSR count). The van der Waals surface area contributed by atoms with Gasteiger partial charge in [-0.05, 0) is 18.4 Å². The van der Waals surface area contributed by atoms with Crippen molar-refractivity contribution in [2.45, 2.75) is 32.6 Å². The lowest BCUT2D eigenvalue weighted by molar-refractivity contribution is -0.135. The zero-order valence-electron chi connectivity index (χ0n) is 12.2. The maximum Gasteiger partial charge on any atom is 0.223 e. The Labute approximate surface area is 121 Å². The zero-order chi connectivity index (χ0) is 14.8. The van der Waals surface area contributed by atoms with E-state index in [2.05, 4.69) is 0 Å². The maximum absolute atomic E-state index is 12.2. The normalized spacial score (nSPS) is 10.3. The first-order valence-corrected chi connectivity index (χ1v) is 7.20. The highest BCUT2D eigenvalue weighted by atomic mass is 16.2. The molecule has 20 heavy (non-hydrogen) atoms. The minimum atomic E-state index is 0.00348. The molecule has 0 aromatic heterocycles. The number of aryl methyl sites for hydroxylation is 1. The maximum atomic E-state index is 12.2. The van der Waals surface area contributed by atoms with Crippen LogP contribution in [0.15, 0.2) is 30.3 Å². The van der Waals surface area contributed by atoms with E-state index < -0.39 is 0 Å². The first-order valence-electron chi connectivity index (χ1n) is 7.20. The van der Waals surface area contributed by atoms with Gasteiger partial charge >= 0.3 is 0 Å². The Balaban J connectivity index is 2.49. The van der Waals surface area contributed by atoms with E-state index in [-0.39, 0.29) is 18.2 Å². The molecular weight excluding hydrogens is 252 g/mol. The third kappa shape index (κ3) is 5.97. The van der Waals surface area contributed by atoms with Crippen molar-refractivity contribution >= 4 is 11.7 Å². The Bertz CT molecular complexity index is 418. The third-order valence-corrected chi connectivity index (χ3v) is 3.12. The molecule has 0 heterocycles. The third-order valence-electron chi connectivity index (χ3n) is 3.12. The molecular formula is C16H24N2O2. The highest BCUT2D eigenvalue weighted by Crippen LogP contribution is 2.05. The van der Waals surface area contributed by atoms with Crippen LogP contribution in [0.5, 0.6) is 0 Å². The average molecular weight is 276 g/mol. The van der Waals surface area contributed by atoms with Gasteiger partial charge in [-0.25, -0.2) is 0 Å². The van der Waals surface area contributed by atoms with E-state index in [1.807, 2.05) is 37.3 Å². The summed E-state index contributed by atoms with van der Waals surface area (Å²) in [6, 6.07) is 9.88. The molecule has 1 amide bonds. The van der Waals surface area contributed by atoms with Crippen LogP contribution in [-0.2, 0) is 16.0 Å². The molecule has 0 bridgehead atoms. The predicted molar refractivity (Wildman–Crippen MR) is 80.3 cm³/mol. The van der Waals surface area contributed by atoms with Gasteiger partial charge < -0.3 is 10.6 Å². The number of nitrogens with two attached hydrogens (primary N) is 1. The molecule has 0 saturated heterocycles. The Hall–Kier alpha value is -1.68. The summed E-state index contributed by atoms with van der Waals surface area (Å²) in [4.78, 5) is 25.4. The van der Waals surface area contributed by atoms with Gasteiger partial charge in [-0.2, -0.15) is 0 Å². The number of carbonyl (C=O) groups excluding carboxylic acids is 2. The van der Waals surface area contributed by atoms with Crippen molar-refractivity contribution < 1.29 is 9.59 Å². The summed E-state index contributed by atoms with van der Waals surface area (Å²) in [7, 11) is 0. The summed E-state index contributed by atoms with van der Waals surface area (Å²) in [5.41, 5.74) is 6.65. The van der Waals surface area contributed by atoms with Crippen molar-refractivity contribution in [3.63, 3.8) is 0 Å². The molecule has 0 radical (unpaired) electrons. The second kappa shape index (κ2) is 9.26. The van der Waals surface area contributed by atoms with Crippen molar-refractivity contribution in [3.8, 4) is 0 Å². The van der Waals surface area contributed by atoms with Gasteiger partial charge in [0.1, 0.15) is 0 Å². The molecule has 0 aliphatic heterocycles. The number of nitrogens with zero attached hydrogens (tertiary/aromatic N) is 1. The van der Waals surface area contributed by atoms with Crippen LogP contribution in [0.2, 0.25) is 0 Å². The monoisotopic (exact) mass is 276 g/mol. The number of benzene rings is 1. The fourth-order valence-electron chi connectivity index (χ4n) is 2.07. The van der Waals surface area contributed by atoms with Crippen molar-refractivity contribution in [1.29, 1.82) is 0 Å². The summed E-state index contributed by atoms with van der Waals surface area (Å²) in [5, 5.41) is 0. The molecule has 0 atom stereocenters. The van der Waals surface area contributed by atoms with Crippen LogP contribution in [0.3, 0.4) is 0 Å². The number of rotatable bonds is 9. The summed E-state index contributed by atoms with van der Waals surface area (Å²) < 4.78 is 0. The van der Waals surface area contributed by atoms with E-state index in [1.165, 1.54) is 0 Å². The van der Waals surface area contributed by atoms with Crippen LogP contribution in [-0.4, -0.2) is 36.2 Å². The Morgan fingerprint density at radius 3 is 2.45 bits per heavy atom. The molecule has 0 aliphatic carbocycles. The molecule has 0 saturated carbocycles. The topological polar surface area (TPSA) is 63.4 Å². The fraction of sp³-hybridized carbons (Fsp3) is 0.500. The lowest BCUT2D eigenvalue weighted by atomic mass is 10.1. The summed E-state index contributed by atoms with van der Waals surface area (Å²) >= 11 is 0. The van der Waals surface area contributed by atoms with E-state index in [9.17, 15) is 9.59 Å². The molecule has 4 nitrogen and oxygen atoms in total. The van der Waals surface area contributed by atoms with E-state index in [0.29, 0.717) is 32.4 Å². The highest BCUT2D eigenvalue weighted by Gasteiger charge is 2.15. The largest absolute Gasteiger partial charge is 0.334 e. The minimum Gasteiger partial charge on any atom is -0.334 e. The first kappa shape index (κ1) is 16.4. The molecule has 0 unspecified atom stereocenters. The van der Waals surface area contributed by atoms with Crippen molar-refractivity contribution in [3.05, 3.63) is 35.9 Å². The summed E-state index contributed by atoms with van der Waals surface area (Å²) in [6.07, 6.45) is 2.45. The summed E-state index contributed by atoms with van der Waals surface area (Å²) in [5.74, 6) is 0.109.